The molecule has 1 aliphatic heterocycles. The number of hydrogen-bond acceptors (Lipinski definition) is 2. The SMILES string of the molecule is c1ccc(P(Cc2ccccn2)CC2CCCO2)cc1. The van der Waals surface area contributed by atoms with Gasteiger partial charge in [0.15, 0.2) is 0 Å². The Morgan fingerprint density at radius 2 is 1.95 bits per heavy atom. The second-order valence-electron chi connectivity index (χ2n) is 5.17. The van der Waals surface area contributed by atoms with Gasteiger partial charge in [-0.2, -0.15) is 0 Å². The van der Waals surface area contributed by atoms with Crippen LogP contribution >= 0.6 is 7.92 Å². The lowest BCUT2D eigenvalue weighted by molar-refractivity contribution is 0.128. The zero-order valence-electron chi connectivity index (χ0n) is 11.6. The molecule has 2 unspecified atom stereocenters. The summed E-state index contributed by atoms with van der Waals surface area (Å²) in [6.45, 7) is 0.937. The van der Waals surface area contributed by atoms with Crippen molar-refractivity contribution in [2.75, 3.05) is 12.8 Å². The Hall–Kier alpha value is -1.24. The molecular weight excluding hydrogens is 265 g/mol. The minimum Gasteiger partial charge on any atom is -0.378 e. The van der Waals surface area contributed by atoms with Gasteiger partial charge in [0.2, 0.25) is 0 Å². The van der Waals surface area contributed by atoms with Crippen molar-refractivity contribution in [2.45, 2.75) is 25.1 Å². The van der Waals surface area contributed by atoms with Crippen molar-refractivity contribution >= 4 is 13.2 Å². The molecule has 2 aromatic rings. The van der Waals surface area contributed by atoms with Gasteiger partial charge in [-0.25, -0.2) is 0 Å². The molecule has 0 aliphatic carbocycles. The third kappa shape index (κ3) is 3.65. The van der Waals surface area contributed by atoms with Crippen molar-refractivity contribution in [3.05, 3.63) is 60.4 Å². The second kappa shape index (κ2) is 6.97. The standard InChI is InChI=1S/C17H20NOP/c1-2-9-17(10-3-1)20(14-16-8-6-12-19-16)13-15-7-4-5-11-18-15/h1-5,7,9-11,16H,6,8,12-14H2. The highest BCUT2D eigenvalue weighted by Gasteiger charge is 2.22. The van der Waals surface area contributed by atoms with E-state index in [9.17, 15) is 0 Å². The van der Waals surface area contributed by atoms with Gasteiger partial charge >= 0.3 is 0 Å². The van der Waals surface area contributed by atoms with Gasteiger partial charge < -0.3 is 4.74 Å². The Labute approximate surface area is 122 Å². The van der Waals surface area contributed by atoms with Crippen molar-refractivity contribution in [2.24, 2.45) is 0 Å². The van der Waals surface area contributed by atoms with Crippen molar-refractivity contribution in [3.63, 3.8) is 0 Å². The molecule has 20 heavy (non-hydrogen) atoms. The largest absolute Gasteiger partial charge is 0.378 e. The third-order valence-corrected chi connectivity index (χ3v) is 6.23. The highest BCUT2D eigenvalue weighted by Crippen LogP contribution is 2.40. The minimum atomic E-state index is -0.231. The fourth-order valence-electron chi connectivity index (χ4n) is 2.62. The number of hydrogen-bond donors (Lipinski definition) is 0. The molecule has 0 spiro atoms. The Morgan fingerprint density at radius 3 is 2.65 bits per heavy atom. The predicted octanol–water partition coefficient (Wildman–Crippen LogP) is 3.57. The maximum absolute atomic E-state index is 5.84. The molecule has 1 saturated heterocycles. The molecule has 3 heteroatoms. The first-order chi connectivity index (χ1) is 9.92. The van der Waals surface area contributed by atoms with E-state index in [1.54, 1.807) is 0 Å². The zero-order chi connectivity index (χ0) is 13.6. The summed E-state index contributed by atoms with van der Waals surface area (Å²) in [5.41, 5.74) is 1.19. The van der Waals surface area contributed by atoms with E-state index in [1.165, 1.54) is 23.8 Å². The first-order valence-corrected chi connectivity index (χ1v) is 8.94. The highest BCUT2D eigenvalue weighted by molar-refractivity contribution is 7.64. The maximum Gasteiger partial charge on any atom is 0.0618 e. The summed E-state index contributed by atoms with van der Waals surface area (Å²) in [4.78, 5) is 4.49. The van der Waals surface area contributed by atoms with Crippen LogP contribution in [0.1, 0.15) is 18.5 Å². The van der Waals surface area contributed by atoms with Crippen LogP contribution in [0.15, 0.2) is 54.7 Å². The normalized spacial score (nSPS) is 19.9. The Bertz CT molecular complexity index is 511. The van der Waals surface area contributed by atoms with E-state index in [2.05, 4.69) is 47.4 Å². The number of ether oxygens (including phenoxy) is 1. The monoisotopic (exact) mass is 285 g/mol. The smallest absolute Gasteiger partial charge is 0.0618 e. The van der Waals surface area contributed by atoms with E-state index in [-0.39, 0.29) is 7.92 Å². The number of pyridine rings is 1. The fourth-order valence-corrected chi connectivity index (χ4v) is 5.10. The van der Waals surface area contributed by atoms with E-state index in [0.717, 1.165) is 18.9 Å². The van der Waals surface area contributed by atoms with Gasteiger partial charge in [0, 0.05) is 24.7 Å². The molecule has 0 radical (unpaired) electrons. The first-order valence-electron chi connectivity index (χ1n) is 7.23. The minimum absolute atomic E-state index is 0.231. The molecule has 104 valence electrons. The molecule has 0 amide bonds. The van der Waals surface area contributed by atoms with Crippen LogP contribution in [0.25, 0.3) is 0 Å². The van der Waals surface area contributed by atoms with Crippen molar-refractivity contribution in [3.8, 4) is 0 Å². The molecule has 1 aromatic carbocycles. The van der Waals surface area contributed by atoms with E-state index < -0.39 is 0 Å². The Morgan fingerprint density at radius 1 is 1.10 bits per heavy atom. The molecule has 1 aliphatic rings. The van der Waals surface area contributed by atoms with Crippen molar-refractivity contribution < 1.29 is 4.74 Å². The average Bonchev–Trinajstić information content (AvgIpc) is 3.02. The molecule has 0 saturated carbocycles. The van der Waals surface area contributed by atoms with Crippen LogP contribution in [0.4, 0.5) is 0 Å². The summed E-state index contributed by atoms with van der Waals surface area (Å²) in [5, 5.41) is 1.46. The molecule has 1 fully saturated rings. The van der Waals surface area contributed by atoms with E-state index >= 15 is 0 Å². The summed E-state index contributed by atoms with van der Waals surface area (Å²) >= 11 is 0. The molecule has 1 aromatic heterocycles. The van der Waals surface area contributed by atoms with Crippen molar-refractivity contribution in [1.29, 1.82) is 0 Å². The quantitative estimate of drug-likeness (QED) is 0.784. The summed E-state index contributed by atoms with van der Waals surface area (Å²) in [5.74, 6) is 0. The molecule has 2 atom stereocenters. The lowest BCUT2D eigenvalue weighted by Crippen LogP contribution is -2.16. The lowest BCUT2D eigenvalue weighted by Gasteiger charge is -2.21. The number of nitrogens with zero attached hydrogens (tertiary/aromatic N) is 1. The molecule has 0 bridgehead atoms. The fraction of sp³-hybridized carbons (Fsp3) is 0.353. The molecular formula is C17H20NOP. The number of benzene rings is 1. The van der Waals surface area contributed by atoms with Gasteiger partial charge in [0.25, 0.3) is 0 Å². The van der Waals surface area contributed by atoms with E-state index in [1.807, 2.05) is 12.3 Å². The Kier molecular flexibility index (Phi) is 4.78. The average molecular weight is 285 g/mol. The first kappa shape index (κ1) is 13.7. The van der Waals surface area contributed by atoms with Crippen molar-refractivity contribution in [1.82, 2.24) is 4.98 Å². The van der Waals surface area contributed by atoms with Crippen LogP contribution in [-0.2, 0) is 10.9 Å². The Balaban J connectivity index is 1.76. The van der Waals surface area contributed by atoms with Crippen LogP contribution in [0.3, 0.4) is 0 Å². The molecule has 2 nitrogen and oxygen atoms in total. The van der Waals surface area contributed by atoms with Gasteiger partial charge in [0.1, 0.15) is 0 Å². The van der Waals surface area contributed by atoms with E-state index in [0.29, 0.717) is 6.10 Å². The molecule has 0 N–H and O–H groups in total. The maximum atomic E-state index is 5.84. The van der Waals surface area contributed by atoms with Crippen LogP contribution in [-0.4, -0.2) is 23.9 Å². The summed E-state index contributed by atoms with van der Waals surface area (Å²) in [7, 11) is -0.231. The summed E-state index contributed by atoms with van der Waals surface area (Å²) < 4.78 is 5.84. The second-order valence-corrected chi connectivity index (χ2v) is 7.45. The van der Waals surface area contributed by atoms with Crippen LogP contribution in [0.2, 0.25) is 0 Å². The van der Waals surface area contributed by atoms with E-state index in [4.69, 9.17) is 4.74 Å². The number of aromatic nitrogens is 1. The van der Waals surface area contributed by atoms with Crippen LogP contribution < -0.4 is 5.30 Å². The zero-order valence-corrected chi connectivity index (χ0v) is 12.5. The molecule has 2 heterocycles. The highest BCUT2D eigenvalue weighted by atomic mass is 31.1. The van der Waals surface area contributed by atoms with Gasteiger partial charge in [-0.05, 0) is 36.4 Å². The van der Waals surface area contributed by atoms with Gasteiger partial charge in [-0.15, -0.1) is 0 Å². The number of rotatable bonds is 5. The van der Waals surface area contributed by atoms with Crippen LogP contribution in [0.5, 0.6) is 0 Å². The topological polar surface area (TPSA) is 22.1 Å². The summed E-state index contributed by atoms with van der Waals surface area (Å²) in [6.07, 6.45) is 6.99. The van der Waals surface area contributed by atoms with Gasteiger partial charge in [0.05, 0.1) is 6.10 Å². The predicted molar refractivity (Wildman–Crippen MR) is 84.8 cm³/mol. The lowest BCUT2D eigenvalue weighted by atomic mass is 10.3. The van der Waals surface area contributed by atoms with Gasteiger partial charge in [-0.1, -0.05) is 44.3 Å². The summed E-state index contributed by atoms with van der Waals surface area (Å²) in [6, 6.07) is 17.1. The molecule has 3 rings (SSSR count). The third-order valence-electron chi connectivity index (χ3n) is 3.65. The van der Waals surface area contributed by atoms with Gasteiger partial charge in [-0.3, -0.25) is 4.98 Å². The van der Waals surface area contributed by atoms with Crippen LogP contribution in [0, 0.1) is 0 Å².